The molecule has 0 unspecified atom stereocenters. The monoisotopic (exact) mass is 241 g/mol. The number of nitrogens with zero attached hydrogens (tertiary/aromatic N) is 1. The molecule has 90 valence electrons. The highest BCUT2D eigenvalue weighted by Crippen LogP contribution is 2.05. The molecule has 0 atom stereocenters. The SMILES string of the molecule is CN(C)CCNC(=O)NCCc1ccsc1. The Bertz CT molecular complexity index is 298. The topological polar surface area (TPSA) is 44.4 Å². The zero-order chi connectivity index (χ0) is 11.8. The molecule has 1 aromatic rings. The van der Waals surface area contributed by atoms with Crippen LogP contribution in [0.2, 0.25) is 0 Å². The second-order valence-corrected chi connectivity index (χ2v) is 4.65. The third-order valence-corrected chi connectivity index (χ3v) is 2.86. The lowest BCUT2D eigenvalue weighted by Crippen LogP contribution is -2.39. The van der Waals surface area contributed by atoms with Crippen LogP contribution in [0, 0.1) is 0 Å². The van der Waals surface area contributed by atoms with Crippen molar-refractivity contribution in [2.24, 2.45) is 0 Å². The van der Waals surface area contributed by atoms with Gasteiger partial charge in [0.25, 0.3) is 0 Å². The Labute approximate surface area is 101 Å². The summed E-state index contributed by atoms with van der Waals surface area (Å²) in [7, 11) is 3.96. The molecule has 1 aromatic heterocycles. The molecule has 5 heteroatoms. The van der Waals surface area contributed by atoms with E-state index in [2.05, 4.69) is 22.1 Å². The average Bonchev–Trinajstić information content (AvgIpc) is 2.70. The molecule has 2 N–H and O–H groups in total. The van der Waals surface area contributed by atoms with Crippen LogP contribution in [-0.4, -0.2) is 44.7 Å². The van der Waals surface area contributed by atoms with Crippen molar-refractivity contribution in [2.45, 2.75) is 6.42 Å². The number of hydrogen-bond acceptors (Lipinski definition) is 3. The Kier molecular flexibility index (Phi) is 5.88. The predicted molar refractivity (Wildman–Crippen MR) is 68.0 cm³/mol. The highest BCUT2D eigenvalue weighted by molar-refractivity contribution is 7.07. The van der Waals surface area contributed by atoms with E-state index >= 15 is 0 Å². The van der Waals surface area contributed by atoms with Crippen molar-refractivity contribution in [3.63, 3.8) is 0 Å². The van der Waals surface area contributed by atoms with Crippen LogP contribution in [0.1, 0.15) is 5.56 Å². The third-order valence-electron chi connectivity index (χ3n) is 2.12. The molecular formula is C11H19N3OS. The van der Waals surface area contributed by atoms with Gasteiger partial charge >= 0.3 is 6.03 Å². The van der Waals surface area contributed by atoms with Gasteiger partial charge in [0, 0.05) is 19.6 Å². The lowest BCUT2D eigenvalue weighted by atomic mass is 10.2. The molecule has 16 heavy (non-hydrogen) atoms. The maximum absolute atomic E-state index is 11.3. The fourth-order valence-corrected chi connectivity index (χ4v) is 1.91. The first-order valence-corrected chi connectivity index (χ1v) is 6.30. The normalized spacial score (nSPS) is 10.4. The summed E-state index contributed by atoms with van der Waals surface area (Å²) in [6, 6.07) is 1.99. The summed E-state index contributed by atoms with van der Waals surface area (Å²) in [6.45, 7) is 2.22. The van der Waals surface area contributed by atoms with E-state index in [0.29, 0.717) is 13.1 Å². The van der Waals surface area contributed by atoms with Crippen molar-refractivity contribution in [1.82, 2.24) is 15.5 Å². The summed E-state index contributed by atoms with van der Waals surface area (Å²) < 4.78 is 0. The molecule has 0 aliphatic heterocycles. The molecule has 0 bridgehead atoms. The van der Waals surface area contributed by atoms with Crippen molar-refractivity contribution in [2.75, 3.05) is 33.7 Å². The van der Waals surface area contributed by atoms with E-state index in [1.807, 2.05) is 24.4 Å². The number of carbonyl (C=O) groups is 1. The number of thiophene rings is 1. The number of amides is 2. The Morgan fingerprint density at radius 2 is 2.12 bits per heavy atom. The van der Waals surface area contributed by atoms with Crippen molar-refractivity contribution >= 4 is 17.4 Å². The summed E-state index contributed by atoms with van der Waals surface area (Å²) in [5.74, 6) is 0. The van der Waals surface area contributed by atoms with Crippen LogP contribution < -0.4 is 10.6 Å². The van der Waals surface area contributed by atoms with Gasteiger partial charge in [0.05, 0.1) is 0 Å². The average molecular weight is 241 g/mol. The number of likely N-dealkylation sites (N-methyl/N-ethyl adjacent to an activating group) is 1. The summed E-state index contributed by atoms with van der Waals surface area (Å²) in [6.07, 6.45) is 0.893. The highest BCUT2D eigenvalue weighted by Gasteiger charge is 1.99. The van der Waals surface area contributed by atoms with E-state index in [1.165, 1.54) is 5.56 Å². The van der Waals surface area contributed by atoms with Crippen LogP contribution in [0.5, 0.6) is 0 Å². The van der Waals surface area contributed by atoms with Gasteiger partial charge in [-0.15, -0.1) is 0 Å². The zero-order valence-corrected chi connectivity index (χ0v) is 10.6. The van der Waals surface area contributed by atoms with Crippen LogP contribution in [0.25, 0.3) is 0 Å². The zero-order valence-electron chi connectivity index (χ0n) is 9.82. The molecule has 0 aliphatic rings. The first-order chi connectivity index (χ1) is 7.68. The van der Waals surface area contributed by atoms with Crippen molar-refractivity contribution in [1.29, 1.82) is 0 Å². The third kappa shape index (κ3) is 5.72. The number of rotatable bonds is 6. The molecule has 0 radical (unpaired) electrons. The van der Waals surface area contributed by atoms with Gasteiger partial charge in [-0.3, -0.25) is 0 Å². The fraction of sp³-hybridized carbons (Fsp3) is 0.545. The van der Waals surface area contributed by atoms with Crippen LogP contribution in [0.4, 0.5) is 4.79 Å². The summed E-state index contributed by atoms with van der Waals surface area (Å²) in [5, 5.41) is 9.79. The number of carbonyl (C=O) groups excluding carboxylic acids is 1. The van der Waals surface area contributed by atoms with Gasteiger partial charge in [-0.1, -0.05) is 0 Å². The summed E-state index contributed by atoms with van der Waals surface area (Å²) in [5.41, 5.74) is 1.28. The van der Waals surface area contributed by atoms with Gasteiger partial charge in [-0.2, -0.15) is 11.3 Å². The maximum atomic E-state index is 11.3. The maximum Gasteiger partial charge on any atom is 0.314 e. The number of nitrogens with one attached hydrogen (secondary N) is 2. The Morgan fingerprint density at radius 1 is 1.38 bits per heavy atom. The molecular weight excluding hydrogens is 222 g/mol. The van der Waals surface area contributed by atoms with Gasteiger partial charge in [0.2, 0.25) is 0 Å². The van der Waals surface area contributed by atoms with Crippen LogP contribution in [0.3, 0.4) is 0 Å². The van der Waals surface area contributed by atoms with E-state index in [-0.39, 0.29) is 6.03 Å². The second kappa shape index (κ2) is 7.24. The van der Waals surface area contributed by atoms with E-state index in [4.69, 9.17) is 0 Å². The minimum Gasteiger partial charge on any atom is -0.338 e. The van der Waals surface area contributed by atoms with Gasteiger partial charge in [0.15, 0.2) is 0 Å². The molecule has 0 saturated carbocycles. The van der Waals surface area contributed by atoms with Gasteiger partial charge in [-0.25, -0.2) is 4.79 Å². The minimum atomic E-state index is -0.0860. The van der Waals surface area contributed by atoms with Gasteiger partial charge < -0.3 is 15.5 Å². The highest BCUT2D eigenvalue weighted by atomic mass is 32.1. The number of hydrogen-bond donors (Lipinski definition) is 2. The second-order valence-electron chi connectivity index (χ2n) is 3.87. The van der Waals surface area contributed by atoms with Crippen molar-refractivity contribution in [3.8, 4) is 0 Å². The molecule has 0 aliphatic carbocycles. The van der Waals surface area contributed by atoms with Crippen molar-refractivity contribution in [3.05, 3.63) is 22.4 Å². The predicted octanol–water partition coefficient (Wildman–Crippen LogP) is 1.15. The molecule has 2 amide bonds. The summed E-state index contributed by atoms with van der Waals surface area (Å²) in [4.78, 5) is 13.3. The van der Waals surface area contributed by atoms with E-state index in [1.54, 1.807) is 11.3 Å². The lowest BCUT2D eigenvalue weighted by molar-refractivity contribution is 0.239. The van der Waals surface area contributed by atoms with Crippen LogP contribution in [0.15, 0.2) is 16.8 Å². The molecule has 0 spiro atoms. The van der Waals surface area contributed by atoms with Gasteiger partial charge in [-0.05, 0) is 42.9 Å². The molecule has 0 aromatic carbocycles. The Balaban J connectivity index is 2.02. The molecule has 0 fully saturated rings. The van der Waals surface area contributed by atoms with E-state index < -0.39 is 0 Å². The standard InChI is InChI=1S/C11H19N3OS/c1-14(2)7-6-13-11(15)12-5-3-10-4-8-16-9-10/h4,8-9H,3,5-7H2,1-2H3,(H2,12,13,15). The first-order valence-electron chi connectivity index (χ1n) is 5.36. The Hall–Kier alpha value is -1.07. The Morgan fingerprint density at radius 3 is 2.75 bits per heavy atom. The fourth-order valence-electron chi connectivity index (χ4n) is 1.21. The molecule has 1 rings (SSSR count). The van der Waals surface area contributed by atoms with Gasteiger partial charge in [0.1, 0.15) is 0 Å². The van der Waals surface area contributed by atoms with Crippen molar-refractivity contribution < 1.29 is 4.79 Å². The van der Waals surface area contributed by atoms with E-state index in [9.17, 15) is 4.79 Å². The van der Waals surface area contributed by atoms with E-state index in [0.717, 1.165) is 13.0 Å². The molecule has 4 nitrogen and oxygen atoms in total. The molecule has 1 heterocycles. The molecule has 0 saturated heterocycles. The largest absolute Gasteiger partial charge is 0.338 e. The number of urea groups is 1. The summed E-state index contributed by atoms with van der Waals surface area (Å²) >= 11 is 1.68. The van der Waals surface area contributed by atoms with Crippen LogP contribution >= 0.6 is 11.3 Å². The first kappa shape index (κ1) is 13.0. The quantitative estimate of drug-likeness (QED) is 0.785. The lowest BCUT2D eigenvalue weighted by Gasteiger charge is -2.11. The minimum absolute atomic E-state index is 0.0860. The van der Waals surface area contributed by atoms with Crippen LogP contribution in [-0.2, 0) is 6.42 Å². The smallest absolute Gasteiger partial charge is 0.314 e.